The van der Waals surface area contributed by atoms with Gasteiger partial charge in [-0.25, -0.2) is 0 Å². The Labute approximate surface area is 210 Å². The summed E-state index contributed by atoms with van der Waals surface area (Å²) in [5.41, 5.74) is 0. The van der Waals surface area contributed by atoms with Crippen molar-refractivity contribution in [3.63, 3.8) is 0 Å². The molecule has 2 atom stereocenters. The first-order chi connectivity index (χ1) is 16.7. The van der Waals surface area contributed by atoms with E-state index in [9.17, 15) is 15.0 Å². The zero-order chi connectivity index (χ0) is 25.1. The second-order valence-corrected chi connectivity index (χ2v) is 9.08. The highest BCUT2D eigenvalue weighted by atomic mass is 16.3. The van der Waals surface area contributed by atoms with Gasteiger partial charge in [0, 0.05) is 6.42 Å². The van der Waals surface area contributed by atoms with E-state index >= 15 is 0 Å². The zero-order valence-corrected chi connectivity index (χ0v) is 22.1. The number of amides is 1. The number of hydrogen-bond donors (Lipinski definition) is 3. The number of carbonyl (C=O) groups excluding carboxylic acids is 1. The first-order valence-corrected chi connectivity index (χ1v) is 13.9. The molecule has 0 spiro atoms. The van der Waals surface area contributed by atoms with Gasteiger partial charge in [-0.2, -0.15) is 0 Å². The lowest BCUT2D eigenvalue weighted by Gasteiger charge is -2.19. The normalized spacial score (nSPS) is 14.1. The van der Waals surface area contributed by atoms with Crippen LogP contribution in [0, 0.1) is 0 Å². The molecular weight excluding hydrogens is 422 g/mol. The molecule has 4 nitrogen and oxygen atoms in total. The van der Waals surface area contributed by atoms with Gasteiger partial charge in [0.05, 0.1) is 18.8 Å². The molecule has 0 aromatic carbocycles. The Morgan fingerprint density at radius 1 is 0.676 bits per heavy atom. The molecule has 0 aliphatic heterocycles. The Balaban J connectivity index is 3.86. The van der Waals surface area contributed by atoms with Gasteiger partial charge in [0.1, 0.15) is 0 Å². The molecule has 0 aliphatic carbocycles. The average Bonchev–Trinajstić information content (AvgIpc) is 2.84. The van der Waals surface area contributed by atoms with Gasteiger partial charge in [0.15, 0.2) is 0 Å². The van der Waals surface area contributed by atoms with Crippen LogP contribution in [0.15, 0.2) is 48.6 Å². The van der Waals surface area contributed by atoms with Crippen LogP contribution in [0.5, 0.6) is 0 Å². The van der Waals surface area contributed by atoms with Crippen LogP contribution < -0.4 is 5.32 Å². The lowest BCUT2D eigenvalue weighted by Crippen LogP contribution is -2.45. The maximum atomic E-state index is 12.1. The van der Waals surface area contributed by atoms with Crippen LogP contribution in [0.25, 0.3) is 0 Å². The van der Waals surface area contributed by atoms with Crippen molar-refractivity contribution in [2.45, 2.75) is 129 Å². The lowest BCUT2D eigenvalue weighted by molar-refractivity contribution is -0.123. The van der Waals surface area contributed by atoms with Crippen molar-refractivity contribution in [1.29, 1.82) is 0 Å². The zero-order valence-electron chi connectivity index (χ0n) is 22.1. The summed E-state index contributed by atoms with van der Waals surface area (Å²) in [5, 5.41) is 22.6. The Bertz CT molecular complexity index is 565. The average molecular weight is 476 g/mol. The fourth-order valence-electron chi connectivity index (χ4n) is 3.53. The number of rotatable bonds is 23. The van der Waals surface area contributed by atoms with Crippen LogP contribution in [0.3, 0.4) is 0 Å². The highest BCUT2D eigenvalue weighted by Crippen LogP contribution is 2.08. The Morgan fingerprint density at radius 3 is 1.68 bits per heavy atom. The van der Waals surface area contributed by atoms with Crippen LogP contribution in [-0.2, 0) is 4.79 Å². The molecule has 1 amide bonds. The van der Waals surface area contributed by atoms with Crippen molar-refractivity contribution >= 4 is 5.91 Å². The van der Waals surface area contributed by atoms with E-state index in [2.05, 4.69) is 55.6 Å². The summed E-state index contributed by atoms with van der Waals surface area (Å²) < 4.78 is 0. The molecule has 0 bridgehead atoms. The second kappa shape index (κ2) is 26.0. The predicted octanol–water partition coefficient (Wildman–Crippen LogP) is 7.33. The second-order valence-electron chi connectivity index (χ2n) is 9.08. The predicted molar refractivity (Wildman–Crippen MR) is 147 cm³/mol. The van der Waals surface area contributed by atoms with Crippen molar-refractivity contribution in [3.05, 3.63) is 48.6 Å². The standard InChI is InChI=1S/C30H53NO3/c1-3-5-7-9-11-13-15-16-17-19-21-23-25-29(33)28(27-32)31-30(34)26-24-22-20-18-14-12-10-8-6-4-2/h9-12,16-17,23,25,28-29,32-33H,3-8,13-15,18-22,24,26-27H2,1-2H3,(H,31,34)/b11-9+,12-10-,17-16+,25-23+. The first kappa shape index (κ1) is 32.4. The molecule has 0 aromatic rings. The monoisotopic (exact) mass is 475 g/mol. The number of hydrogen-bond acceptors (Lipinski definition) is 3. The van der Waals surface area contributed by atoms with Gasteiger partial charge < -0.3 is 15.5 Å². The van der Waals surface area contributed by atoms with Gasteiger partial charge in [0.25, 0.3) is 0 Å². The molecule has 0 fully saturated rings. The van der Waals surface area contributed by atoms with Crippen LogP contribution in [0.2, 0.25) is 0 Å². The smallest absolute Gasteiger partial charge is 0.220 e. The minimum atomic E-state index is -0.870. The van der Waals surface area contributed by atoms with E-state index in [1.54, 1.807) is 6.08 Å². The molecule has 0 aromatic heterocycles. The molecule has 3 N–H and O–H groups in total. The first-order valence-electron chi connectivity index (χ1n) is 13.9. The molecule has 196 valence electrons. The third kappa shape index (κ3) is 22.2. The van der Waals surface area contributed by atoms with Crippen molar-refractivity contribution in [2.24, 2.45) is 0 Å². The Hall–Kier alpha value is -1.65. The molecule has 34 heavy (non-hydrogen) atoms. The van der Waals surface area contributed by atoms with Crippen LogP contribution >= 0.6 is 0 Å². The van der Waals surface area contributed by atoms with E-state index in [1.165, 1.54) is 38.5 Å². The Kier molecular flexibility index (Phi) is 24.7. The molecule has 0 aliphatic rings. The van der Waals surface area contributed by atoms with E-state index in [0.717, 1.165) is 57.8 Å². The summed E-state index contributed by atoms with van der Waals surface area (Å²) in [5.74, 6) is -0.0994. The number of aliphatic hydroxyl groups excluding tert-OH is 2. The molecule has 0 saturated carbocycles. The van der Waals surface area contributed by atoms with E-state index in [4.69, 9.17) is 0 Å². The summed E-state index contributed by atoms with van der Waals surface area (Å²) in [6.45, 7) is 4.15. The number of allylic oxidation sites excluding steroid dienone is 7. The van der Waals surface area contributed by atoms with E-state index in [0.29, 0.717) is 6.42 Å². The fraction of sp³-hybridized carbons (Fsp3) is 0.700. The molecule has 4 heteroatoms. The largest absolute Gasteiger partial charge is 0.394 e. The summed E-state index contributed by atoms with van der Waals surface area (Å²) in [4.78, 5) is 12.1. The van der Waals surface area contributed by atoms with Gasteiger partial charge in [-0.05, 0) is 57.8 Å². The van der Waals surface area contributed by atoms with Gasteiger partial charge in [-0.3, -0.25) is 4.79 Å². The summed E-state index contributed by atoms with van der Waals surface area (Å²) >= 11 is 0. The molecule has 0 heterocycles. The third-order valence-corrected chi connectivity index (χ3v) is 5.76. The number of carbonyl (C=O) groups is 1. The topological polar surface area (TPSA) is 69.6 Å². The quantitative estimate of drug-likeness (QED) is 0.107. The van der Waals surface area contributed by atoms with Crippen LogP contribution in [-0.4, -0.2) is 34.9 Å². The van der Waals surface area contributed by atoms with E-state index in [1.807, 2.05) is 6.08 Å². The maximum absolute atomic E-state index is 12.1. The fourth-order valence-corrected chi connectivity index (χ4v) is 3.53. The van der Waals surface area contributed by atoms with Crippen molar-refractivity contribution < 1.29 is 15.0 Å². The number of aliphatic hydroxyl groups is 2. The molecule has 0 radical (unpaired) electrons. The van der Waals surface area contributed by atoms with E-state index < -0.39 is 12.1 Å². The maximum Gasteiger partial charge on any atom is 0.220 e. The minimum absolute atomic E-state index is 0.0994. The van der Waals surface area contributed by atoms with Crippen molar-refractivity contribution in [3.8, 4) is 0 Å². The highest BCUT2D eigenvalue weighted by Gasteiger charge is 2.17. The minimum Gasteiger partial charge on any atom is -0.394 e. The van der Waals surface area contributed by atoms with Gasteiger partial charge >= 0.3 is 0 Å². The highest BCUT2D eigenvalue weighted by molar-refractivity contribution is 5.76. The van der Waals surface area contributed by atoms with E-state index in [-0.39, 0.29) is 12.5 Å². The number of unbranched alkanes of at least 4 members (excludes halogenated alkanes) is 10. The molecule has 0 saturated heterocycles. The summed E-state index contributed by atoms with van der Waals surface area (Å²) in [7, 11) is 0. The Morgan fingerprint density at radius 2 is 1.15 bits per heavy atom. The molecular formula is C30H53NO3. The van der Waals surface area contributed by atoms with Crippen molar-refractivity contribution in [1.82, 2.24) is 5.32 Å². The molecule has 2 unspecified atom stereocenters. The van der Waals surface area contributed by atoms with Gasteiger partial charge in [0.2, 0.25) is 5.91 Å². The third-order valence-electron chi connectivity index (χ3n) is 5.76. The van der Waals surface area contributed by atoms with Gasteiger partial charge in [-0.1, -0.05) is 101 Å². The number of nitrogens with one attached hydrogen (secondary N) is 1. The van der Waals surface area contributed by atoms with Crippen molar-refractivity contribution in [2.75, 3.05) is 6.61 Å². The van der Waals surface area contributed by atoms with Crippen LogP contribution in [0.1, 0.15) is 117 Å². The molecule has 0 rings (SSSR count). The summed E-state index contributed by atoms with van der Waals surface area (Å²) in [6, 6.07) is -0.646. The van der Waals surface area contributed by atoms with Gasteiger partial charge in [-0.15, -0.1) is 0 Å². The SMILES string of the molecule is CCCC/C=C\CCCCCCC(=O)NC(CO)C(O)/C=C/CC/C=C/CC/C=C/CCCC. The summed E-state index contributed by atoms with van der Waals surface area (Å²) in [6.07, 6.45) is 33.2. The van der Waals surface area contributed by atoms with Crippen LogP contribution in [0.4, 0.5) is 0 Å². The lowest BCUT2D eigenvalue weighted by atomic mass is 10.1.